The SMILES string of the molecule is Nc1nc(Nc2c(Cl)cc(F)cc2Br)c2ccccc2n1. The second-order valence-corrected chi connectivity index (χ2v) is 5.58. The number of nitrogens with two attached hydrogens (primary N) is 1. The van der Waals surface area contributed by atoms with Crippen LogP contribution in [0.4, 0.5) is 21.8 Å². The van der Waals surface area contributed by atoms with Gasteiger partial charge < -0.3 is 11.1 Å². The van der Waals surface area contributed by atoms with Gasteiger partial charge in [0.05, 0.1) is 16.2 Å². The second kappa shape index (κ2) is 5.46. The van der Waals surface area contributed by atoms with Gasteiger partial charge >= 0.3 is 0 Å². The highest BCUT2D eigenvalue weighted by molar-refractivity contribution is 9.10. The fraction of sp³-hybridized carbons (Fsp3) is 0. The summed E-state index contributed by atoms with van der Waals surface area (Å²) in [6.07, 6.45) is 0. The van der Waals surface area contributed by atoms with E-state index in [0.717, 1.165) is 5.39 Å². The molecule has 1 heterocycles. The third kappa shape index (κ3) is 2.77. The number of nitrogens with zero attached hydrogens (tertiary/aromatic N) is 2. The van der Waals surface area contributed by atoms with Crippen molar-refractivity contribution in [2.75, 3.05) is 11.1 Å². The number of aromatic nitrogens is 2. The minimum absolute atomic E-state index is 0.144. The highest BCUT2D eigenvalue weighted by Gasteiger charge is 2.12. The Morgan fingerprint density at radius 3 is 2.71 bits per heavy atom. The van der Waals surface area contributed by atoms with Crippen LogP contribution in [0.25, 0.3) is 10.9 Å². The van der Waals surface area contributed by atoms with Crippen molar-refractivity contribution >= 4 is 55.9 Å². The summed E-state index contributed by atoms with van der Waals surface area (Å²) in [5.41, 5.74) is 6.94. The van der Waals surface area contributed by atoms with Crippen molar-refractivity contribution in [2.24, 2.45) is 0 Å². The number of nitrogens with one attached hydrogen (secondary N) is 1. The first-order valence-electron chi connectivity index (χ1n) is 5.98. The molecule has 21 heavy (non-hydrogen) atoms. The lowest BCUT2D eigenvalue weighted by molar-refractivity contribution is 0.627. The molecule has 3 rings (SSSR count). The molecule has 0 atom stereocenters. The van der Waals surface area contributed by atoms with Gasteiger partial charge in [0, 0.05) is 9.86 Å². The average molecular weight is 368 g/mol. The lowest BCUT2D eigenvalue weighted by Crippen LogP contribution is -2.02. The van der Waals surface area contributed by atoms with Crippen LogP contribution in [0.1, 0.15) is 0 Å². The summed E-state index contributed by atoms with van der Waals surface area (Å²) >= 11 is 9.34. The molecule has 0 spiro atoms. The second-order valence-electron chi connectivity index (χ2n) is 4.32. The van der Waals surface area contributed by atoms with Crippen molar-refractivity contribution in [1.82, 2.24) is 9.97 Å². The van der Waals surface area contributed by atoms with E-state index in [0.29, 0.717) is 21.5 Å². The van der Waals surface area contributed by atoms with Crippen molar-refractivity contribution in [3.63, 3.8) is 0 Å². The molecule has 3 aromatic rings. The van der Waals surface area contributed by atoms with Crippen LogP contribution in [0.2, 0.25) is 5.02 Å². The number of rotatable bonds is 2. The third-order valence-corrected chi connectivity index (χ3v) is 3.79. The van der Waals surface area contributed by atoms with E-state index in [1.807, 2.05) is 24.3 Å². The van der Waals surface area contributed by atoms with Gasteiger partial charge in [-0.15, -0.1) is 0 Å². The highest BCUT2D eigenvalue weighted by Crippen LogP contribution is 2.35. The molecule has 4 nitrogen and oxygen atoms in total. The van der Waals surface area contributed by atoms with E-state index >= 15 is 0 Å². The number of halogens is 3. The lowest BCUT2D eigenvalue weighted by Gasteiger charge is -2.12. The van der Waals surface area contributed by atoms with Crippen LogP contribution < -0.4 is 11.1 Å². The van der Waals surface area contributed by atoms with E-state index in [4.69, 9.17) is 17.3 Å². The molecular weight excluding hydrogens is 359 g/mol. The monoisotopic (exact) mass is 366 g/mol. The topological polar surface area (TPSA) is 63.8 Å². The zero-order valence-corrected chi connectivity index (χ0v) is 12.9. The molecule has 0 bridgehead atoms. The van der Waals surface area contributed by atoms with E-state index in [-0.39, 0.29) is 11.0 Å². The Bertz CT molecular complexity index is 817. The van der Waals surface area contributed by atoms with Crippen LogP contribution in [0, 0.1) is 5.82 Å². The standard InChI is InChI=1S/C14H9BrClFN4/c15-9-5-7(17)6-10(16)12(9)20-13-8-3-1-2-4-11(8)19-14(18)21-13/h1-6H,(H3,18,19,20,21). The summed E-state index contributed by atoms with van der Waals surface area (Å²) < 4.78 is 13.8. The first kappa shape index (κ1) is 14.0. The molecule has 0 aliphatic heterocycles. The molecule has 0 amide bonds. The van der Waals surface area contributed by atoms with Crippen LogP contribution >= 0.6 is 27.5 Å². The maximum absolute atomic E-state index is 13.3. The van der Waals surface area contributed by atoms with Crippen molar-refractivity contribution in [3.8, 4) is 0 Å². The third-order valence-electron chi connectivity index (χ3n) is 2.87. The number of benzene rings is 2. The maximum atomic E-state index is 13.3. The minimum Gasteiger partial charge on any atom is -0.368 e. The van der Waals surface area contributed by atoms with E-state index in [1.165, 1.54) is 12.1 Å². The fourth-order valence-electron chi connectivity index (χ4n) is 1.97. The van der Waals surface area contributed by atoms with Gasteiger partial charge in [0.15, 0.2) is 0 Å². The number of nitrogen functional groups attached to an aromatic ring is 1. The zero-order valence-electron chi connectivity index (χ0n) is 10.6. The summed E-state index contributed by atoms with van der Waals surface area (Å²) in [7, 11) is 0. The summed E-state index contributed by atoms with van der Waals surface area (Å²) in [4.78, 5) is 8.34. The summed E-state index contributed by atoms with van der Waals surface area (Å²) in [6.45, 7) is 0. The summed E-state index contributed by atoms with van der Waals surface area (Å²) in [5, 5.41) is 4.10. The summed E-state index contributed by atoms with van der Waals surface area (Å²) in [6, 6.07) is 9.97. The molecule has 0 aliphatic carbocycles. The van der Waals surface area contributed by atoms with Crippen LogP contribution in [-0.2, 0) is 0 Å². The van der Waals surface area contributed by atoms with Gasteiger partial charge in [0.2, 0.25) is 5.95 Å². The normalized spacial score (nSPS) is 10.8. The number of hydrogen-bond donors (Lipinski definition) is 2. The van der Waals surface area contributed by atoms with Crippen molar-refractivity contribution in [1.29, 1.82) is 0 Å². The quantitative estimate of drug-likeness (QED) is 0.699. The van der Waals surface area contributed by atoms with E-state index < -0.39 is 5.82 Å². The molecule has 0 radical (unpaired) electrons. The van der Waals surface area contributed by atoms with Gasteiger partial charge in [-0.25, -0.2) is 9.37 Å². The minimum atomic E-state index is -0.426. The predicted octanol–water partition coefficient (Wildman–Crippen LogP) is 4.51. The van der Waals surface area contributed by atoms with Crippen LogP contribution in [-0.4, -0.2) is 9.97 Å². The van der Waals surface area contributed by atoms with Gasteiger partial charge in [0.1, 0.15) is 11.6 Å². The van der Waals surface area contributed by atoms with Gasteiger partial charge in [-0.1, -0.05) is 23.7 Å². The Balaban J connectivity index is 2.15. The van der Waals surface area contributed by atoms with Crippen molar-refractivity contribution in [2.45, 2.75) is 0 Å². The van der Waals surface area contributed by atoms with Crippen molar-refractivity contribution < 1.29 is 4.39 Å². The zero-order chi connectivity index (χ0) is 15.0. The maximum Gasteiger partial charge on any atom is 0.222 e. The molecule has 0 saturated heterocycles. The lowest BCUT2D eigenvalue weighted by atomic mass is 10.2. The van der Waals surface area contributed by atoms with Gasteiger partial charge in [-0.3, -0.25) is 0 Å². The van der Waals surface area contributed by atoms with Gasteiger partial charge in [-0.2, -0.15) is 4.98 Å². The summed E-state index contributed by atoms with van der Waals surface area (Å²) in [5.74, 6) is 0.224. The predicted molar refractivity (Wildman–Crippen MR) is 86.3 cm³/mol. The number of anilines is 3. The molecule has 1 aromatic heterocycles. The Morgan fingerprint density at radius 1 is 1.19 bits per heavy atom. The molecule has 3 N–H and O–H groups in total. The smallest absolute Gasteiger partial charge is 0.222 e. The van der Waals surface area contributed by atoms with E-state index in [2.05, 4.69) is 31.2 Å². The van der Waals surface area contributed by atoms with Crippen LogP contribution in [0.3, 0.4) is 0 Å². The van der Waals surface area contributed by atoms with E-state index in [1.54, 1.807) is 0 Å². The Kier molecular flexibility index (Phi) is 3.65. The molecule has 0 fully saturated rings. The van der Waals surface area contributed by atoms with Gasteiger partial charge in [0.25, 0.3) is 0 Å². The first-order valence-corrected chi connectivity index (χ1v) is 7.15. The molecule has 106 valence electrons. The number of para-hydroxylation sites is 1. The van der Waals surface area contributed by atoms with E-state index in [9.17, 15) is 4.39 Å². The van der Waals surface area contributed by atoms with Crippen molar-refractivity contribution in [3.05, 3.63) is 51.7 Å². The van der Waals surface area contributed by atoms with Crippen LogP contribution in [0.15, 0.2) is 40.9 Å². The van der Waals surface area contributed by atoms with Gasteiger partial charge in [-0.05, 0) is 40.2 Å². The Morgan fingerprint density at radius 2 is 1.95 bits per heavy atom. The highest BCUT2D eigenvalue weighted by atomic mass is 79.9. The Hall–Kier alpha value is -1.92. The molecule has 0 aliphatic rings. The largest absolute Gasteiger partial charge is 0.368 e. The molecule has 7 heteroatoms. The van der Waals surface area contributed by atoms with Crippen LogP contribution in [0.5, 0.6) is 0 Å². The first-order chi connectivity index (χ1) is 10.0. The number of fused-ring (bicyclic) bond motifs is 1. The fourth-order valence-corrected chi connectivity index (χ4v) is 2.87. The molecule has 0 saturated carbocycles. The number of hydrogen-bond acceptors (Lipinski definition) is 4. The molecule has 2 aromatic carbocycles. The Labute approximate surface area is 133 Å². The average Bonchev–Trinajstić information content (AvgIpc) is 2.42. The molecule has 0 unspecified atom stereocenters. The molecular formula is C14H9BrClFN4.